The van der Waals surface area contributed by atoms with Crippen LogP contribution in [0.15, 0.2) is 0 Å². The van der Waals surface area contributed by atoms with Gasteiger partial charge in [-0.3, -0.25) is 4.79 Å². The number of nitrogens with one attached hydrogen (secondary N) is 1. The molecule has 0 bridgehead atoms. The van der Waals surface area contributed by atoms with Crippen LogP contribution < -0.4 is 11.1 Å². The Morgan fingerprint density at radius 2 is 1.93 bits per heavy atom. The first-order chi connectivity index (χ1) is 6.41. The third-order valence-electron chi connectivity index (χ3n) is 2.47. The minimum absolute atomic E-state index is 0.0982. The molecule has 1 fully saturated rings. The molecule has 1 rings (SSSR count). The smallest absolute Gasteiger partial charge is 0.234 e. The average molecular weight is 220 g/mol. The first-order valence-electron chi connectivity index (χ1n) is 4.66. The van der Waals surface area contributed by atoms with Crippen LogP contribution in [-0.2, 0) is 14.6 Å². The summed E-state index contributed by atoms with van der Waals surface area (Å²) in [7, 11) is -2.83. The molecule has 1 unspecified atom stereocenters. The molecule has 1 atom stereocenters. The van der Waals surface area contributed by atoms with Crippen molar-refractivity contribution in [3.05, 3.63) is 0 Å². The third-order valence-corrected chi connectivity index (χ3v) is 4.18. The SMILES string of the molecule is CC(NC1CCS(=O)(=O)CC1)C(N)=O. The second-order valence-electron chi connectivity index (χ2n) is 3.72. The highest BCUT2D eigenvalue weighted by molar-refractivity contribution is 7.91. The minimum atomic E-state index is -2.83. The van der Waals surface area contributed by atoms with Gasteiger partial charge in [0, 0.05) is 6.04 Å². The summed E-state index contributed by atoms with van der Waals surface area (Å²) in [5, 5.41) is 3.02. The maximum absolute atomic E-state index is 11.1. The zero-order valence-corrected chi connectivity index (χ0v) is 9.01. The van der Waals surface area contributed by atoms with Gasteiger partial charge in [-0.25, -0.2) is 8.42 Å². The van der Waals surface area contributed by atoms with Gasteiger partial charge >= 0.3 is 0 Å². The Kier molecular flexibility index (Phi) is 3.49. The van der Waals surface area contributed by atoms with Gasteiger partial charge in [0.05, 0.1) is 17.5 Å². The summed E-state index contributed by atoms with van der Waals surface area (Å²) in [6, 6.07) is -0.290. The molecule has 1 aliphatic rings. The van der Waals surface area contributed by atoms with E-state index in [9.17, 15) is 13.2 Å². The van der Waals surface area contributed by atoms with Gasteiger partial charge in [-0.1, -0.05) is 0 Å². The zero-order valence-electron chi connectivity index (χ0n) is 8.19. The lowest BCUT2D eigenvalue weighted by atomic mass is 10.1. The molecule has 0 spiro atoms. The van der Waals surface area contributed by atoms with Crippen LogP contribution in [0.1, 0.15) is 19.8 Å². The Labute approximate surface area is 84.0 Å². The molecule has 82 valence electrons. The molecule has 0 aliphatic carbocycles. The van der Waals surface area contributed by atoms with Gasteiger partial charge in [-0.15, -0.1) is 0 Å². The molecule has 0 saturated carbocycles. The molecular weight excluding hydrogens is 204 g/mol. The van der Waals surface area contributed by atoms with Gasteiger partial charge in [0.15, 0.2) is 0 Å². The molecule has 3 N–H and O–H groups in total. The lowest BCUT2D eigenvalue weighted by Crippen LogP contribution is -2.47. The average Bonchev–Trinajstić information content (AvgIpc) is 2.08. The summed E-state index contributed by atoms with van der Waals surface area (Å²) < 4.78 is 22.2. The summed E-state index contributed by atoms with van der Waals surface area (Å²) in [4.78, 5) is 10.7. The van der Waals surface area contributed by atoms with Crippen LogP contribution in [0.3, 0.4) is 0 Å². The number of rotatable bonds is 3. The van der Waals surface area contributed by atoms with Gasteiger partial charge in [-0.2, -0.15) is 0 Å². The van der Waals surface area contributed by atoms with Crippen molar-refractivity contribution < 1.29 is 13.2 Å². The second kappa shape index (κ2) is 4.27. The number of sulfone groups is 1. The standard InChI is InChI=1S/C8H16N2O3S/c1-6(8(9)11)10-7-2-4-14(12,13)5-3-7/h6-7,10H,2-5H2,1H3,(H2,9,11). The fraction of sp³-hybridized carbons (Fsp3) is 0.875. The lowest BCUT2D eigenvalue weighted by molar-refractivity contribution is -0.119. The Morgan fingerprint density at radius 1 is 1.43 bits per heavy atom. The number of amides is 1. The van der Waals surface area contributed by atoms with E-state index in [0.29, 0.717) is 12.8 Å². The quantitative estimate of drug-likeness (QED) is 0.640. The molecule has 1 aliphatic heterocycles. The maximum Gasteiger partial charge on any atom is 0.234 e. The van der Waals surface area contributed by atoms with Crippen molar-refractivity contribution in [3.8, 4) is 0 Å². The second-order valence-corrected chi connectivity index (χ2v) is 6.02. The predicted molar refractivity (Wildman–Crippen MR) is 53.5 cm³/mol. The predicted octanol–water partition coefficient (Wildman–Crippen LogP) is -0.973. The normalized spacial score (nSPS) is 24.4. The van der Waals surface area contributed by atoms with Crippen molar-refractivity contribution in [2.75, 3.05) is 11.5 Å². The summed E-state index contributed by atoms with van der Waals surface area (Å²) in [5.74, 6) is 0.00479. The number of carbonyl (C=O) groups is 1. The molecule has 0 radical (unpaired) electrons. The van der Waals surface area contributed by atoms with E-state index in [0.717, 1.165) is 0 Å². The molecule has 1 amide bonds. The minimum Gasteiger partial charge on any atom is -0.368 e. The summed E-state index contributed by atoms with van der Waals surface area (Å²) >= 11 is 0. The number of primary amides is 1. The van der Waals surface area contributed by atoms with Crippen molar-refractivity contribution in [2.24, 2.45) is 5.73 Å². The Balaban J connectivity index is 2.40. The fourth-order valence-electron chi connectivity index (χ4n) is 1.49. The highest BCUT2D eigenvalue weighted by Gasteiger charge is 2.25. The first kappa shape index (κ1) is 11.5. The Morgan fingerprint density at radius 3 is 2.36 bits per heavy atom. The van der Waals surface area contributed by atoms with E-state index in [2.05, 4.69) is 5.32 Å². The van der Waals surface area contributed by atoms with Crippen LogP contribution in [0.5, 0.6) is 0 Å². The van der Waals surface area contributed by atoms with Crippen molar-refractivity contribution in [1.82, 2.24) is 5.32 Å². The van der Waals surface area contributed by atoms with Crippen LogP contribution in [0.25, 0.3) is 0 Å². The summed E-state index contributed by atoms with van der Waals surface area (Å²) in [6.45, 7) is 1.69. The molecule has 14 heavy (non-hydrogen) atoms. The van der Waals surface area contributed by atoms with Gasteiger partial charge in [0.25, 0.3) is 0 Å². The van der Waals surface area contributed by atoms with E-state index in [1.54, 1.807) is 6.92 Å². The number of nitrogens with two attached hydrogens (primary N) is 1. The van der Waals surface area contributed by atoms with E-state index >= 15 is 0 Å². The Hall–Kier alpha value is -0.620. The molecule has 1 saturated heterocycles. The summed E-state index contributed by atoms with van der Waals surface area (Å²) in [6.07, 6.45) is 1.14. The highest BCUT2D eigenvalue weighted by atomic mass is 32.2. The van der Waals surface area contributed by atoms with E-state index in [4.69, 9.17) is 5.73 Å². The third kappa shape index (κ3) is 3.26. The lowest BCUT2D eigenvalue weighted by Gasteiger charge is -2.25. The molecule has 0 aromatic carbocycles. The first-order valence-corrected chi connectivity index (χ1v) is 6.48. The van der Waals surface area contributed by atoms with E-state index < -0.39 is 15.7 Å². The molecule has 0 aromatic rings. The van der Waals surface area contributed by atoms with Crippen LogP contribution in [0, 0.1) is 0 Å². The highest BCUT2D eigenvalue weighted by Crippen LogP contribution is 2.12. The molecule has 0 aromatic heterocycles. The van der Waals surface area contributed by atoms with Crippen molar-refractivity contribution in [3.63, 3.8) is 0 Å². The van der Waals surface area contributed by atoms with Crippen LogP contribution in [-0.4, -0.2) is 37.9 Å². The number of carbonyl (C=O) groups excluding carboxylic acids is 1. The zero-order chi connectivity index (χ0) is 10.8. The molecule has 6 heteroatoms. The van der Waals surface area contributed by atoms with Crippen molar-refractivity contribution in [1.29, 1.82) is 0 Å². The van der Waals surface area contributed by atoms with E-state index in [-0.39, 0.29) is 23.6 Å². The van der Waals surface area contributed by atoms with E-state index in [1.165, 1.54) is 0 Å². The van der Waals surface area contributed by atoms with Crippen LogP contribution >= 0.6 is 0 Å². The topological polar surface area (TPSA) is 89.3 Å². The number of hydrogen-bond donors (Lipinski definition) is 2. The summed E-state index contributed by atoms with van der Waals surface area (Å²) in [5.41, 5.74) is 5.09. The van der Waals surface area contributed by atoms with E-state index in [1.807, 2.05) is 0 Å². The largest absolute Gasteiger partial charge is 0.368 e. The molecular formula is C8H16N2O3S. The Bertz CT molecular complexity index is 299. The monoisotopic (exact) mass is 220 g/mol. The maximum atomic E-state index is 11.1. The van der Waals surface area contributed by atoms with Crippen LogP contribution in [0.4, 0.5) is 0 Å². The van der Waals surface area contributed by atoms with Crippen molar-refractivity contribution in [2.45, 2.75) is 31.8 Å². The molecule has 1 heterocycles. The van der Waals surface area contributed by atoms with Gasteiger partial charge < -0.3 is 11.1 Å². The number of hydrogen-bond acceptors (Lipinski definition) is 4. The van der Waals surface area contributed by atoms with Crippen molar-refractivity contribution >= 4 is 15.7 Å². The van der Waals surface area contributed by atoms with Gasteiger partial charge in [-0.05, 0) is 19.8 Å². The fourth-order valence-corrected chi connectivity index (χ4v) is 2.98. The molecule has 5 nitrogen and oxygen atoms in total. The van der Waals surface area contributed by atoms with Gasteiger partial charge in [0.1, 0.15) is 9.84 Å². The van der Waals surface area contributed by atoms with Crippen LogP contribution in [0.2, 0.25) is 0 Å². The van der Waals surface area contributed by atoms with Gasteiger partial charge in [0.2, 0.25) is 5.91 Å².